The Balaban J connectivity index is 1.77. The van der Waals surface area contributed by atoms with E-state index in [-0.39, 0.29) is 11.9 Å². The number of methoxy groups -OCH3 is 1. The summed E-state index contributed by atoms with van der Waals surface area (Å²) in [5.74, 6) is 1.51. The molecule has 0 bridgehead atoms. The molecule has 0 spiro atoms. The molecule has 0 saturated carbocycles. The molecular formula is C18H20BrNO3. The molecule has 5 heteroatoms. The lowest BCUT2D eigenvalue weighted by Crippen LogP contribution is -2.37. The summed E-state index contributed by atoms with van der Waals surface area (Å²) in [6.45, 7) is 2.33. The fourth-order valence-corrected chi connectivity index (χ4v) is 2.54. The van der Waals surface area contributed by atoms with Gasteiger partial charge in [-0.1, -0.05) is 28.1 Å². The second-order valence-electron chi connectivity index (χ2n) is 5.26. The highest BCUT2D eigenvalue weighted by molar-refractivity contribution is 9.10. The monoisotopic (exact) mass is 377 g/mol. The van der Waals surface area contributed by atoms with Crippen LogP contribution >= 0.6 is 15.9 Å². The average Bonchev–Trinajstić information content (AvgIpc) is 2.53. The fraction of sp³-hybridized carbons (Fsp3) is 0.278. The molecule has 4 nitrogen and oxygen atoms in total. The van der Waals surface area contributed by atoms with Gasteiger partial charge in [-0.3, -0.25) is 4.79 Å². The van der Waals surface area contributed by atoms with Gasteiger partial charge in [0.2, 0.25) is 5.91 Å². The lowest BCUT2D eigenvalue weighted by atomic mass is 10.1. The minimum atomic E-state index is -0.0724. The van der Waals surface area contributed by atoms with Crippen LogP contribution in [0.3, 0.4) is 0 Å². The first-order valence-corrected chi connectivity index (χ1v) is 8.17. The smallest absolute Gasteiger partial charge is 0.224 e. The average molecular weight is 378 g/mol. The molecule has 0 saturated heterocycles. The number of ether oxygens (including phenoxy) is 2. The maximum atomic E-state index is 12.0. The number of carbonyl (C=O) groups excluding carboxylic acids is 1. The normalized spacial score (nSPS) is 11.6. The van der Waals surface area contributed by atoms with Crippen molar-refractivity contribution >= 4 is 21.8 Å². The Bertz CT molecular complexity index is 643. The van der Waals surface area contributed by atoms with E-state index < -0.39 is 0 Å². The third-order valence-electron chi connectivity index (χ3n) is 3.22. The van der Waals surface area contributed by atoms with Crippen LogP contribution in [-0.2, 0) is 11.2 Å². The van der Waals surface area contributed by atoms with Gasteiger partial charge in [-0.2, -0.15) is 0 Å². The van der Waals surface area contributed by atoms with Crippen LogP contribution in [0.4, 0.5) is 0 Å². The van der Waals surface area contributed by atoms with Crippen molar-refractivity contribution in [3.8, 4) is 11.5 Å². The molecule has 122 valence electrons. The Morgan fingerprint density at radius 2 is 1.87 bits per heavy atom. The van der Waals surface area contributed by atoms with Crippen molar-refractivity contribution in [1.82, 2.24) is 5.32 Å². The summed E-state index contributed by atoms with van der Waals surface area (Å²) in [4.78, 5) is 12.0. The van der Waals surface area contributed by atoms with Crippen molar-refractivity contribution in [2.45, 2.75) is 19.4 Å². The summed E-state index contributed by atoms with van der Waals surface area (Å²) < 4.78 is 11.7. The van der Waals surface area contributed by atoms with Gasteiger partial charge in [-0.05, 0) is 48.9 Å². The highest BCUT2D eigenvalue weighted by Gasteiger charge is 2.09. The van der Waals surface area contributed by atoms with E-state index in [0.717, 1.165) is 21.5 Å². The van der Waals surface area contributed by atoms with Gasteiger partial charge < -0.3 is 14.8 Å². The number of hydrogen-bond acceptors (Lipinski definition) is 3. The van der Waals surface area contributed by atoms with Crippen LogP contribution in [0.1, 0.15) is 12.5 Å². The Morgan fingerprint density at radius 3 is 2.52 bits per heavy atom. The first-order valence-electron chi connectivity index (χ1n) is 7.37. The van der Waals surface area contributed by atoms with Gasteiger partial charge >= 0.3 is 0 Å². The van der Waals surface area contributed by atoms with Crippen LogP contribution in [0.15, 0.2) is 53.0 Å². The quantitative estimate of drug-likeness (QED) is 0.801. The Labute approximate surface area is 144 Å². The summed E-state index contributed by atoms with van der Waals surface area (Å²) in [7, 11) is 1.62. The predicted molar refractivity (Wildman–Crippen MR) is 93.9 cm³/mol. The van der Waals surface area contributed by atoms with Gasteiger partial charge in [-0.25, -0.2) is 0 Å². The summed E-state index contributed by atoms with van der Waals surface area (Å²) in [6, 6.07) is 15.0. The molecule has 1 atom stereocenters. The molecule has 23 heavy (non-hydrogen) atoms. The highest BCUT2D eigenvalue weighted by Crippen LogP contribution is 2.17. The van der Waals surface area contributed by atoms with Crippen molar-refractivity contribution < 1.29 is 14.3 Å². The van der Waals surface area contributed by atoms with E-state index in [9.17, 15) is 4.79 Å². The van der Waals surface area contributed by atoms with Crippen molar-refractivity contribution in [1.29, 1.82) is 0 Å². The molecule has 2 aromatic carbocycles. The standard InChI is InChI=1S/C18H20BrNO3/c1-13(12-23-17-8-6-16(22-2)7-9-17)20-18(21)11-14-4-3-5-15(19)10-14/h3-10,13H,11-12H2,1-2H3,(H,20,21)/t13-/m0/s1. The second kappa shape index (κ2) is 8.58. The number of benzene rings is 2. The Hall–Kier alpha value is -2.01. The Kier molecular flexibility index (Phi) is 6.47. The third-order valence-corrected chi connectivity index (χ3v) is 3.71. The van der Waals surface area contributed by atoms with Gasteiger partial charge in [0.05, 0.1) is 19.6 Å². The molecule has 2 rings (SSSR count). The number of halogens is 1. The van der Waals surface area contributed by atoms with E-state index in [1.165, 1.54) is 0 Å². The van der Waals surface area contributed by atoms with Crippen LogP contribution in [0.25, 0.3) is 0 Å². The maximum Gasteiger partial charge on any atom is 0.224 e. The van der Waals surface area contributed by atoms with Crippen molar-refractivity contribution in [2.24, 2.45) is 0 Å². The zero-order chi connectivity index (χ0) is 16.7. The molecule has 0 aliphatic rings. The Morgan fingerprint density at radius 1 is 1.17 bits per heavy atom. The summed E-state index contributed by atoms with van der Waals surface area (Å²) >= 11 is 3.40. The van der Waals surface area contributed by atoms with Crippen LogP contribution in [-0.4, -0.2) is 25.7 Å². The van der Waals surface area contributed by atoms with Crippen molar-refractivity contribution in [2.75, 3.05) is 13.7 Å². The molecule has 0 fully saturated rings. The van der Waals surface area contributed by atoms with Crippen molar-refractivity contribution in [3.63, 3.8) is 0 Å². The van der Waals surface area contributed by atoms with E-state index >= 15 is 0 Å². The number of rotatable bonds is 7. The zero-order valence-corrected chi connectivity index (χ0v) is 14.8. The summed E-state index contributed by atoms with van der Waals surface area (Å²) in [5, 5.41) is 2.94. The third kappa shape index (κ3) is 5.94. The number of hydrogen-bond donors (Lipinski definition) is 1. The molecule has 0 radical (unpaired) electrons. The largest absolute Gasteiger partial charge is 0.497 e. The van der Waals surface area contributed by atoms with Gasteiger partial charge in [0, 0.05) is 4.47 Å². The minimum Gasteiger partial charge on any atom is -0.497 e. The van der Waals surface area contributed by atoms with Crippen LogP contribution in [0.5, 0.6) is 11.5 Å². The van der Waals surface area contributed by atoms with Gasteiger partial charge in [0.1, 0.15) is 18.1 Å². The second-order valence-corrected chi connectivity index (χ2v) is 6.18. The van der Waals surface area contributed by atoms with E-state index in [1.807, 2.05) is 55.5 Å². The van der Waals surface area contributed by atoms with Crippen LogP contribution in [0.2, 0.25) is 0 Å². The molecule has 0 aliphatic heterocycles. The molecular weight excluding hydrogens is 358 g/mol. The molecule has 2 aromatic rings. The van der Waals surface area contributed by atoms with Crippen LogP contribution in [0, 0.1) is 0 Å². The topological polar surface area (TPSA) is 47.6 Å². The summed E-state index contributed by atoms with van der Waals surface area (Å²) in [5.41, 5.74) is 0.972. The first-order chi connectivity index (χ1) is 11.1. The maximum absolute atomic E-state index is 12.0. The number of amides is 1. The summed E-state index contributed by atoms with van der Waals surface area (Å²) in [6.07, 6.45) is 0.353. The molecule has 0 aliphatic carbocycles. The lowest BCUT2D eigenvalue weighted by Gasteiger charge is -2.15. The highest BCUT2D eigenvalue weighted by atomic mass is 79.9. The van der Waals surface area contributed by atoms with E-state index in [0.29, 0.717) is 13.0 Å². The van der Waals surface area contributed by atoms with Gasteiger partial charge in [-0.15, -0.1) is 0 Å². The first kappa shape index (κ1) is 17.3. The zero-order valence-electron chi connectivity index (χ0n) is 13.2. The molecule has 0 aromatic heterocycles. The number of nitrogens with one attached hydrogen (secondary N) is 1. The van der Waals surface area contributed by atoms with Gasteiger partial charge in [0.15, 0.2) is 0 Å². The fourth-order valence-electron chi connectivity index (χ4n) is 2.09. The van der Waals surface area contributed by atoms with E-state index in [2.05, 4.69) is 21.2 Å². The lowest BCUT2D eigenvalue weighted by molar-refractivity contribution is -0.121. The predicted octanol–water partition coefficient (Wildman–Crippen LogP) is 3.58. The van der Waals surface area contributed by atoms with E-state index in [1.54, 1.807) is 7.11 Å². The van der Waals surface area contributed by atoms with Crippen LogP contribution < -0.4 is 14.8 Å². The molecule has 0 unspecified atom stereocenters. The molecule has 0 heterocycles. The molecule has 1 amide bonds. The van der Waals surface area contributed by atoms with E-state index in [4.69, 9.17) is 9.47 Å². The SMILES string of the molecule is COc1ccc(OC[C@H](C)NC(=O)Cc2cccc(Br)c2)cc1. The van der Waals surface area contributed by atoms with Crippen molar-refractivity contribution in [3.05, 3.63) is 58.6 Å². The molecule has 1 N–H and O–H groups in total. The minimum absolute atomic E-state index is 0.0195. The number of carbonyl (C=O) groups is 1. The van der Waals surface area contributed by atoms with Gasteiger partial charge in [0.25, 0.3) is 0 Å².